The fourth-order valence-electron chi connectivity index (χ4n) is 4.96. The molecule has 4 aliphatic carbocycles. The summed E-state index contributed by atoms with van der Waals surface area (Å²) in [5, 5.41) is 30.5. The Kier molecular flexibility index (Phi) is 2.31. The van der Waals surface area contributed by atoms with Crippen molar-refractivity contribution in [3.63, 3.8) is 0 Å². The predicted molar refractivity (Wildman–Crippen MR) is 80.1 cm³/mol. The first kappa shape index (κ1) is 13.0. The van der Waals surface area contributed by atoms with Crippen LogP contribution in [-0.2, 0) is 0 Å². The van der Waals surface area contributed by atoms with Crippen molar-refractivity contribution in [2.45, 2.75) is 31.1 Å². The number of halogens is 1. The van der Waals surface area contributed by atoms with Crippen LogP contribution < -0.4 is 0 Å². The fourth-order valence-corrected chi connectivity index (χ4v) is 4.96. The van der Waals surface area contributed by atoms with Gasteiger partial charge in [-0.2, -0.15) is 5.26 Å². The zero-order valence-electron chi connectivity index (χ0n) is 12.3. The minimum absolute atomic E-state index is 0.0491. The summed E-state index contributed by atoms with van der Waals surface area (Å²) in [6.07, 6.45) is 3.31. The Hall–Kier alpha value is -2.48. The fraction of sp³-hybridized carbons (Fsp3) is 0.389. The van der Waals surface area contributed by atoms with Gasteiger partial charge in [-0.25, -0.2) is 4.39 Å². The Bertz CT molecular complexity index is 856. The van der Waals surface area contributed by atoms with Crippen molar-refractivity contribution in [3.05, 3.63) is 40.7 Å². The number of rotatable bonds is 1. The Balaban J connectivity index is 1.74. The van der Waals surface area contributed by atoms with E-state index < -0.39 is 5.82 Å². The smallest absolute Gasteiger partial charge is 0.202 e. The highest BCUT2D eigenvalue weighted by atomic mass is 19.1. The third kappa shape index (κ3) is 1.49. The minimum atomic E-state index is -0.603. The van der Waals surface area contributed by atoms with Gasteiger partial charge in [0.25, 0.3) is 0 Å². The van der Waals surface area contributed by atoms with Crippen LogP contribution in [0.2, 0.25) is 0 Å². The molecule has 1 aromatic carbocycles. The molecule has 2 fully saturated rings. The minimum Gasteiger partial charge on any atom is -0.494 e. The number of hydrogen-bond acceptors (Lipinski definition) is 3. The molecule has 0 radical (unpaired) electrons. The molecule has 4 nitrogen and oxygen atoms in total. The Morgan fingerprint density at radius 2 is 1.70 bits per heavy atom. The van der Waals surface area contributed by atoms with Crippen LogP contribution in [0.1, 0.15) is 47.8 Å². The Morgan fingerprint density at radius 1 is 1.09 bits per heavy atom. The van der Waals surface area contributed by atoms with Gasteiger partial charge in [0.15, 0.2) is 0 Å². The second-order valence-corrected chi connectivity index (χ2v) is 6.94. The molecule has 4 aliphatic rings. The molecule has 2 saturated carbocycles. The number of aromatic hydroxyl groups is 2. The zero-order valence-corrected chi connectivity index (χ0v) is 12.3. The average molecular weight is 310 g/mol. The monoisotopic (exact) mass is 310 g/mol. The molecule has 2 bridgehead atoms. The highest BCUT2D eigenvalue weighted by molar-refractivity contribution is 5.60. The van der Waals surface area contributed by atoms with Crippen LogP contribution in [0.25, 0.3) is 5.69 Å². The lowest BCUT2D eigenvalue weighted by atomic mass is 9.68. The van der Waals surface area contributed by atoms with E-state index >= 15 is 0 Å². The molecule has 0 saturated heterocycles. The summed E-state index contributed by atoms with van der Waals surface area (Å²) in [7, 11) is 0. The standard InChI is InChI=1S/C18H15FN2O2/c19-14-4-1-9(5-8(14)7-20)21-17(22)15-10-2-3-11(13-6-12(10)13)16(15)18(21)23/h1,4-5,10-13,22-23H,2-3,6H2/t10-,11+,12+,13-. The van der Waals surface area contributed by atoms with E-state index in [4.69, 9.17) is 5.26 Å². The second-order valence-electron chi connectivity index (χ2n) is 6.94. The molecular weight excluding hydrogens is 295 g/mol. The summed E-state index contributed by atoms with van der Waals surface area (Å²) in [4.78, 5) is 0. The molecule has 0 unspecified atom stereocenters. The first-order valence-electron chi connectivity index (χ1n) is 7.98. The molecule has 5 heteroatoms. The van der Waals surface area contributed by atoms with Gasteiger partial charge in [-0.3, -0.25) is 4.57 Å². The maximum Gasteiger partial charge on any atom is 0.202 e. The van der Waals surface area contributed by atoms with Gasteiger partial charge in [-0.1, -0.05) is 0 Å². The number of aromatic nitrogens is 1. The summed E-state index contributed by atoms with van der Waals surface area (Å²) in [6, 6.07) is 5.83. The Morgan fingerprint density at radius 3 is 2.26 bits per heavy atom. The second kappa shape index (κ2) is 4.08. The molecular formula is C18H15FN2O2. The quantitative estimate of drug-likeness (QED) is 0.847. The predicted octanol–water partition coefficient (Wildman–Crippen LogP) is 3.51. The number of hydrogen-bond donors (Lipinski definition) is 2. The first-order valence-corrected chi connectivity index (χ1v) is 7.98. The topological polar surface area (TPSA) is 69.2 Å². The molecule has 2 N–H and O–H groups in total. The van der Waals surface area contributed by atoms with Crippen LogP contribution in [0, 0.1) is 29.0 Å². The summed E-state index contributed by atoms with van der Waals surface area (Å²) < 4.78 is 14.9. The van der Waals surface area contributed by atoms with Gasteiger partial charge in [0, 0.05) is 11.1 Å². The molecule has 0 amide bonds. The molecule has 4 atom stereocenters. The van der Waals surface area contributed by atoms with E-state index in [0.717, 1.165) is 24.0 Å². The van der Waals surface area contributed by atoms with Crippen LogP contribution in [0.4, 0.5) is 4.39 Å². The van der Waals surface area contributed by atoms with E-state index in [1.54, 1.807) is 6.07 Å². The van der Waals surface area contributed by atoms with Crippen molar-refractivity contribution in [3.8, 4) is 23.5 Å². The average Bonchev–Trinajstić information content (AvgIpc) is 3.33. The van der Waals surface area contributed by atoms with E-state index in [0.29, 0.717) is 29.4 Å². The van der Waals surface area contributed by atoms with Gasteiger partial charge in [0.05, 0.1) is 11.3 Å². The normalized spacial score (nSPS) is 29.7. The van der Waals surface area contributed by atoms with Crippen LogP contribution in [0.3, 0.4) is 0 Å². The lowest BCUT2D eigenvalue weighted by Gasteiger charge is -2.35. The molecule has 6 rings (SSSR count). The summed E-state index contributed by atoms with van der Waals surface area (Å²) in [5.74, 6) is 1.43. The van der Waals surface area contributed by atoms with Crippen molar-refractivity contribution in [1.82, 2.24) is 4.57 Å². The molecule has 0 spiro atoms. The van der Waals surface area contributed by atoms with E-state index in [9.17, 15) is 14.6 Å². The number of nitrogens with zero attached hydrogens (tertiary/aromatic N) is 2. The van der Waals surface area contributed by atoms with Crippen molar-refractivity contribution >= 4 is 0 Å². The van der Waals surface area contributed by atoms with Crippen LogP contribution in [-0.4, -0.2) is 14.8 Å². The molecule has 1 aromatic heterocycles. The SMILES string of the molecule is N#Cc1cc(-n2c(O)c3c(c2O)[C@@H]2CC[C@H]3[C@H]3C[C@H]32)ccc1F. The molecule has 0 aliphatic heterocycles. The van der Waals surface area contributed by atoms with Crippen molar-refractivity contribution < 1.29 is 14.6 Å². The summed E-state index contributed by atoms with van der Waals surface area (Å²) in [5.41, 5.74) is 2.07. The third-order valence-electron chi connectivity index (χ3n) is 5.98. The van der Waals surface area contributed by atoms with Gasteiger partial charge in [-0.05, 0) is 61.1 Å². The number of fused-ring (bicyclic) bond motifs is 1. The molecule has 1 heterocycles. The van der Waals surface area contributed by atoms with Crippen LogP contribution in [0.15, 0.2) is 18.2 Å². The van der Waals surface area contributed by atoms with Gasteiger partial charge < -0.3 is 10.2 Å². The van der Waals surface area contributed by atoms with Crippen molar-refractivity contribution in [2.24, 2.45) is 11.8 Å². The molecule has 2 aromatic rings. The van der Waals surface area contributed by atoms with Gasteiger partial charge in [0.1, 0.15) is 11.9 Å². The van der Waals surface area contributed by atoms with Crippen LogP contribution >= 0.6 is 0 Å². The Labute approximate surface area is 132 Å². The lowest BCUT2D eigenvalue weighted by Crippen LogP contribution is -2.22. The maximum absolute atomic E-state index is 13.5. The summed E-state index contributed by atoms with van der Waals surface area (Å²) in [6.45, 7) is 0. The largest absolute Gasteiger partial charge is 0.494 e. The maximum atomic E-state index is 13.5. The van der Waals surface area contributed by atoms with Crippen molar-refractivity contribution in [2.75, 3.05) is 0 Å². The van der Waals surface area contributed by atoms with Gasteiger partial charge >= 0.3 is 0 Å². The molecule has 116 valence electrons. The van der Waals surface area contributed by atoms with E-state index in [1.807, 2.05) is 0 Å². The van der Waals surface area contributed by atoms with Gasteiger partial charge in [0.2, 0.25) is 11.8 Å². The van der Waals surface area contributed by atoms with E-state index in [1.165, 1.54) is 29.2 Å². The van der Waals surface area contributed by atoms with Crippen molar-refractivity contribution in [1.29, 1.82) is 5.26 Å². The number of benzene rings is 1. The first-order chi connectivity index (χ1) is 11.1. The highest BCUT2D eigenvalue weighted by Crippen LogP contribution is 2.70. The van der Waals surface area contributed by atoms with Crippen LogP contribution in [0.5, 0.6) is 11.8 Å². The lowest BCUT2D eigenvalue weighted by molar-refractivity contribution is 0.322. The highest BCUT2D eigenvalue weighted by Gasteiger charge is 2.58. The number of nitriles is 1. The summed E-state index contributed by atoms with van der Waals surface area (Å²) >= 11 is 0. The van der Waals surface area contributed by atoms with E-state index in [2.05, 4.69) is 0 Å². The molecule has 23 heavy (non-hydrogen) atoms. The third-order valence-corrected chi connectivity index (χ3v) is 5.98. The van der Waals surface area contributed by atoms with Gasteiger partial charge in [-0.15, -0.1) is 0 Å². The zero-order chi connectivity index (χ0) is 15.9. The van der Waals surface area contributed by atoms with E-state index in [-0.39, 0.29) is 17.3 Å².